The van der Waals surface area contributed by atoms with Crippen LogP contribution in [-0.2, 0) is 4.79 Å². The van der Waals surface area contributed by atoms with Crippen LogP contribution < -0.4 is 20.1 Å². The van der Waals surface area contributed by atoms with E-state index in [1.54, 1.807) is 0 Å². The Bertz CT molecular complexity index is 533. The lowest BCUT2D eigenvalue weighted by Crippen LogP contribution is -2.34. The summed E-state index contributed by atoms with van der Waals surface area (Å²) >= 11 is 0. The number of ether oxygens (including phenoxy) is 2. The van der Waals surface area contributed by atoms with E-state index in [0.29, 0.717) is 25.7 Å². The average Bonchev–Trinajstić information content (AvgIpc) is 3.05. The van der Waals surface area contributed by atoms with Gasteiger partial charge in [-0.1, -0.05) is 13.0 Å². The molecular weight excluding hydrogens is 316 g/mol. The molecule has 1 aromatic rings. The lowest BCUT2D eigenvalue weighted by Gasteiger charge is -2.23. The van der Waals surface area contributed by atoms with E-state index < -0.39 is 0 Å². The van der Waals surface area contributed by atoms with Crippen LogP contribution in [0.4, 0.5) is 0 Å². The molecule has 2 N–H and O–H groups in total. The van der Waals surface area contributed by atoms with Gasteiger partial charge in [0.2, 0.25) is 5.91 Å². The second-order valence-electron chi connectivity index (χ2n) is 5.93. The molecule has 1 aromatic carbocycles. The summed E-state index contributed by atoms with van der Waals surface area (Å²) < 4.78 is 11.2. The van der Waals surface area contributed by atoms with Crippen molar-refractivity contribution in [3.63, 3.8) is 0 Å². The molecule has 1 fully saturated rings. The monoisotopic (exact) mass is 340 g/mol. The molecule has 6 heteroatoms. The minimum absolute atomic E-state index is 0. The third kappa shape index (κ3) is 4.52. The smallest absolute Gasteiger partial charge is 0.222 e. The molecule has 3 rings (SSSR count). The maximum Gasteiger partial charge on any atom is 0.222 e. The van der Waals surface area contributed by atoms with E-state index in [1.165, 1.54) is 0 Å². The Balaban J connectivity index is 0.00000192. The first-order valence-electron chi connectivity index (χ1n) is 8.18. The van der Waals surface area contributed by atoms with Crippen molar-refractivity contribution in [3.05, 3.63) is 23.8 Å². The second kappa shape index (κ2) is 8.41. The number of carbonyl (C=O) groups excluding carboxylic acids is 1. The fraction of sp³-hybridized carbons (Fsp3) is 0.588. The molecule has 0 radical (unpaired) electrons. The zero-order valence-corrected chi connectivity index (χ0v) is 14.3. The van der Waals surface area contributed by atoms with E-state index in [0.717, 1.165) is 42.9 Å². The van der Waals surface area contributed by atoms with Crippen molar-refractivity contribution in [1.29, 1.82) is 0 Å². The highest BCUT2D eigenvalue weighted by molar-refractivity contribution is 5.85. The maximum absolute atomic E-state index is 12.2. The largest absolute Gasteiger partial charge is 0.486 e. The minimum Gasteiger partial charge on any atom is -0.486 e. The van der Waals surface area contributed by atoms with Crippen LogP contribution in [0.3, 0.4) is 0 Å². The molecule has 2 heterocycles. The van der Waals surface area contributed by atoms with Gasteiger partial charge in [0.1, 0.15) is 13.2 Å². The molecule has 1 amide bonds. The van der Waals surface area contributed by atoms with Gasteiger partial charge < -0.3 is 20.1 Å². The molecule has 0 spiro atoms. The first-order valence-corrected chi connectivity index (χ1v) is 8.18. The summed E-state index contributed by atoms with van der Waals surface area (Å²) in [6.45, 7) is 4.27. The van der Waals surface area contributed by atoms with Crippen molar-refractivity contribution >= 4 is 18.3 Å². The lowest BCUT2D eigenvalue weighted by molar-refractivity contribution is -0.122. The molecule has 23 heavy (non-hydrogen) atoms. The minimum atomic E-state index is 0. The van der Waals surface area contributed by atoms with E-state index in [2.05, 4.69) is 17.6 Å². The Kier molecular flexibility index (Phi) is 6.54. The van der Waals surface area contributed by atoms with E-state index in [4.69, 9.17) is 9.47 Å². The summed E-state index contributed by atoms with van der Waals surface area (Å²) in [6.07, 6.45) is 3.66. The van der Waals surface area contributed by atoms with Crippen LogP contribution in [0.25, 0.3) is 0 Å². The van der Waals surface area contributed by atoms with Gasteiger partial charge in [0.15, 0.2) is 11.5 Å². The van der Waals surface area contributed by atoms with Gasteiger partial charge in [0, 0.05) is 12.5 Å². The van der Waals surface area contributed by atoms with Crippen LogP contribution in [0, 0.1) is 0 Å². The van der Waals surface area contributed by atoms with Gasteiger partial charge in [-0.3, -0.25) is 4.79 Å². The number of fused-ring (bicyclic) bond motifs is 1. The standard InChI is InChI=1S/C17H24N2O3.ClH/c1-2-14(19-17(20)11-13-4-3-7-18-13)12-5-6-15-16(10-12)22-9-8-21-15;/h5-6,10,13-14,18H,2-4,7-9,11H2,1H3,(H,19,20);1H. The molecule has 0 saturated carbocycles. The number of carbonyl (C=O) groups is 1. The molecule has 128 valence electrons. The molecule has 1 saturated heterocycles. The number of hydrogen-bond donors (Lipinski definition) is 2. The van der Waals surface area contributed by atoms with Crippen LogP contribution in [0.5, 0.6) is 11.5 Å². The molecule has 2 unspecified atom stereocenters. The average molecular weight is 341 g/mol. The molecule has 5 nitrogen and oxygen atoms in total. The van der Waals surface area contributed by atoms with Gasteiger partial charge in [-0.05, 0) is 43.5 Å². The number of nitrogens with one attached hydrogen (secondary N) is 2. The van der Waals surface area contributed by atoms with E-state index >= 15 is 0 Å². The number of benzene rings is 1. The highest BCUT2D eigenvalue weighted by Crippen LogP contribution is 2.33. The van der Waals surface area contributed by atoms with Gasteiger partial charge in [-0.25, -0.2) is 0 Å². The summed E-state index contributed by atoms with van der Waals surface area (Å²) in [5.41, 5.74) is 1.07. The fourth-order valence-electron chi connectivity index (χ4n) is 3.11. The zero-order valence-electron chi connectivity index (χ0n) is 13.5. The highest BCUT2D eigenvalue weighted by atomic mass is 35.5. The Morgan fingerprint density at radius 1 is 1.35 bits per heavy atom. The number of halogens is 1. The molecule has 2 aliphatic heterocycles. The Hall–Kier alpha value is -1.46. The molecule has 2 atom stereocenters. The second-order valence-corrected chi connectivity index (χ2v) is 5.93. The van der Waals surface area contributed by atoms with Crippen molar-refractivity contribution < 1.29 is 14.3 Å². The third-order valence-corrected chi connectivity index (χ3v) is 4.31. The van der Waals surface area contributed by atoms with Crippen molar-refractivity contribution in [3.8, 4) is 11.5 Å². The quantitative estimate of drug-likeness (QED) is 0.865. The van der Waals surface area contributed by atoms with Crippen molar-refractivity contribution in [2.75, 3.05) is 19.8 Å². The third-order valence-electron chi connectivity index (χ3n) is 4.31. The van der Waals surface area contributed by atoms with Crippen LogP contribution >= 0.6 is 12.4 Å². The van der Waals surface area contributed by atoms with Gasteiger partial charge in [0.25, 0.3) is 0 Å². The van der Waals surface area contributed by atoms with Crippen molar-refractivity contribution in [2.24, 2.45) is 0 Å². The molecule has 0 aromatic heterocycles. The summed E-state index contributed by atoms with van der Waals surface area (Å²) in [7, 11) is 0. The topological polar surface area (TPSA) is 59.6 Å². The highest BCUT2D eigenvalue weighted by Gasteiger charge is 2.21. The van der Waals surface area contributed by atoms with Crippen LogP contribution in [0.15, 0.2) is 18.2 Å². The van der Waals surface area contributed by atoms with E-state index in [1.807, 2.05) is 18.2 Å². The summed E-state index contributed by atoms with van der Waals surface area (Å²) in [5.74, 6) is 1.67. The predicted molar refractivity (Wildman–Crippen MR) is 91.5 cm³/mol. The molecule has 0 bridgehead atoms. The van der Waals surface area contributed by atoms with E-state index in [9.17, 15) is 4.79 Å². The van der Waals surface area contributed by atoms with Gasteiger partial charge >= 0.3 is 0 Å². The van der Waals surface area contributed by atoms with Crippen LogP contribution in [-0.4, -0.2) is 31.7 Å². The Morgan fingerprint density at radius 3 is 2.83 bits per heavy atom. The molecular formula is C17H25ClN2O3. The number of rotatable bonds is 5. The van der Waals surface area contributed by atoms with Crippen molar-refractivity contribution in [1.82, 2.24) is 10.6 Å². The Morgan fingerprint density at radius 2 is 2.13 bits per heavy atom. The normalized spacial score (nSPS) is 20.5. The summed E-state index contributed by atoms with van der Waals surface area (Å²) in [6, 6.07) is 6.27. The molecule has 0 aliphatic carbocycles. The predicted octanol–water partition coefficient (Wildman–Crippen LogP) is 2.59. The molecule has 2 aliphatic rings. The Labute approximate surface area is 143 Å². The number of amides is 1. The van der Waals surface area contributed by atoms with Gasteiger partial charge in [-0.15, -0.1) is 12.4 Å². The zero-order chi connectivity index (χ0) is 15.4. The maximum atomic E-state index is 12.2. The first-order chi connectivity index (χ1) is 10.8. The van der Waals surface area contributed by atoms with Crippen LogP contribution in [0.1, 0.15) is 44.2 Å². The van der Waals surface area contributed by atoms with Gasteiger partial charge in [-0.2, -0.15) is 0 Å². The number of hydrogen-bond acceptors (Lipinski definition) is 4. The first kappa shape index (κ1) is 17.9. The van der Waals surface area contributed by atoms with Crippen molar-refractivity contribution in [2.45, 2.75) is 44.7 Å². The van der Waals surface area contributed by atoms with Gasteiger partial charge in [0.05, 0.1) is 6.04 Å². The summed E-state index contributed by atoms with van der Waals surface area (Å²) in [4.78, 5) is 12.2. The fourth-order valence-corrected chi connectivity index (χ4v) is 3.11. The SMILES string of the molecule is CCC(NC(=O)CC1CCCN1)c1ccc2c(c1)OCCO2.Cl. The summed E-state index contributed by atoms with van der Waals surface area (Å²) in [5, 5.41) is 6.50. The van der Waals surface area contributed by atoms with E-state index in [-0.39, 0.29) is 24.4 Å². The van der Waals surface area contributed by atoms with Crippen LogP contribution in [0.2, 0.25) is 0 Å². The lowest BCUT2D eigenvalue weighted by atomic mass is 10.0.